The number of aliphatic imine (C=N–C) groups is 1. The highest BCUT2D eigenvalue weighted by molar-refractivity contribution is 6.03. The van der Waals surface area contributed by atoms with E-state index in [2.05, 4.69) is 45.2 Å². The molecule has 4 aromatic rings. The van der Waals surface area contributed by atoms with Crippen molar-refractivity contribution in [3.05, 3.63) is 83.6 Å². The van der Waals surface area contributed by atoms with Gasteiger partial charge >= 0.3 is 0 Å². The van der Waals surface area contributed by atoms with Crippen molar-refractivity contribution < 1.29 is 4.79 Å². The van der Waals surface area contributed by atoms with Crippen LogP contribution in [-0.2, 0) is 6.54 Å². The minimum Gasteiger partial charge on any atom is -0.384 e. The molecule has 6 heteroatoms. The van der Waals surface area contributed by atoms with Gasteiger partial charge in [-0.05, 0) is 60.2 Å². The van der Waals surface area contributed by atoms with E-state index in [1.807, 2.05) is 36.4 Å². The summed E-state index contributed by atoms with van der Waals surface area (Å²) < 4.78 is 2.09. The molecule has 5 rings (SSSR count). The summed E-state index contributed by atoms with van der Waals surface area (Å²) in [7, 11) is 1.68. The summed E-state index contributed by atoms with van der Waals surface area (Å²) in [5.41, 5.74) is 15.8. The Morgan fingerprint density at radius 3 is 2.47 bits per heavy atom. The van der Waals surface area contributed by atoms with Crippen LogP contribution in [0, 0.1) is 0 Å². The van der Waals surface area contributed by atoms with E-state index >= 15 is 0 Å². The monoisotopic (exact) mass is 453 g/mol. The zero-order valence-electron chi connectivity index (χ0n) is 19.5. The lowest BCUT2D eigenvalue weighted by Crippen LogP contribution is -2.41. The third-order valence-electron chi connectivity index (χ3n) is 6.94. The maximum Gasteiger partial charge on any atom is 0.268 e. The summed E-state index contributed by atoms with van der Waals surface area (Å²) in [4.78, 5) is 17.6. The number of carbonyl (C=O) groups excluding carboxylic acids is 1. The van der Waals surface area contributed by atoms with Crippen LogP contribution < -0.4 is 16.8 Å². The Bertz CT molecular complexity index is 1380. The molecule has 3 aromatic carbocycles. The summed E-state index contributed by atoms with van der Waals surface area (Å²) in [5.74, 6) is 0.432. The van der Waals surface area contributed by atoms with Crippen LogP contribution in [0.2, 0.25) is 0 Å². The maximum atomic E-state index is 13.5. The number of nitrogens with zero attached hydrogens (tertiary/aromatic N) is 2. The van der Waals surface area contributed by atoms with Gasteiger partial charge in [-0.3, -0.25) is 9.79 Å². The van der Waals surface area contributed by atoms with Crippen molar-refractivity contribution in [2.24, 2.45) is 16.5 Å². The topological polar surface area (TPSA) is 98.4 Å². The predicted octanol–water partition coefficient (Wildman–Crippen LogP) is 4.18. The summed E-state index contributed by atoms with van der Waals surface area (Å²) in [6.07, 6.45) is 3.74. The first-order chi connectivity index (χ1) is 16.5. The van der Waals surface area contributed by atoms with Gasteiger partial charge in [0.05, 0.1) is 0 Å². The number of hydrogen-bond donors (Lipinski definition) is 3. The highest BCUT2D eigenvalue weighted by atomic mass is 16.2. The number of nitrogens with two attached hydrogens (primary N) is 2. The van der Waals surface area contributed by atoms with E-state index in [0.717, 1.165) is 47.7 Å². The lowest BCUT2D eigenvalue weighted by molar-refractivity contribution is 0.0917. The molecule has 34 heavy (non-hydrogen) atoms. The second kappa shape index (κ2) is 9.31. The number of nitrogens with one attached hydrogen (secondary N) is 1. The fourth-order valence-corrected chi connectivity index (χ4v) is 4.94. The second-order valence-electron chi connectivity index (χ2n) is 9.26. The summed E-state index contributed by atoms with van der Waals surface area (Å²) >= 11 is 0. The van der Waals surface area contributed by atoms with Crippen molar-refractivity contribution in [1.82, 2.24) is 9.88 Å². The van der Waals surface area contributed by atoms with Gasteiger partial charge in [0, 0.05) is 42.1 Å². The molecule has 1 heterocycles. The van der Waals surface area contributed by atoms with Crippen LogP contribution in [0.4, 0.5) is 0 Å². The fraction of sp³-hybridized carbons (Fsp3) is 0.286. The number of amidine groups is 1. The molecule has 0 spiro atoms. The number of benzene rings is 3. The van der Waals surface area contributed by atoms with Crippen molar-refractivity contribution >= 4 is 33.4 Å². The Balaban J connectivity index is 1.54. The van der Waals surface area contributed by atoms with Gasteiger partial charge in [0.15, 0.2) is 0 Å². The van der Waals surface area contributed by atoms with Crippen LogP contribution in [0.3, 0.4) is 0 Å². The lowest BCUT2D eigenvalue weighted by atomic mass is 9.92. The Hall–Kier alpha value is -3.64. The molecular formula is C28H31N5O. The lowest BCUT2D eigenvalue weighted by Gasteiger charge is -2.27. The average molecular weight is 454 g/mol. The van der Waals surface area contributed by atoms with E-state index in [0.29, 0.717) is 18.1 Å². The van der Waals surface area contributed by atoms with Crippen molar-refractivity contribution in [3.8, 4) is 0 Å². The van der Waals surface area contributed by atoms with Gasteiger partial charge in [0.25, 0.3) is 5.91 Å². The quantitative estimate of drug-likeness (QED) is 0.312. The van der Waals surface area contributed by atoms with Gasteiger partial charge in [-0.2, -0.15) is 0 Å². The highest BCUT2D eigenvalue weighted by Gasteiger charge is 2.23. The van der Waals surface area contributed by atoms with E-state index in [1.54, 1.807) is 7.05 Å². The molecule has 174 valence electrons. The molecule has 0 aliphatic heterocycles. The smallest absolute Gasteiger partial charge is 0.268 e. The molecule has 1 aromatic heterocycles. The Morgan fingerprint density at radius 2 is 1.71 bits per heavy atom. The standard InChI is InChI=1S/C28H31N5O/c1-31-27(30)22-9-8-21-15-26(28(34)32-24-12-10-23(29)11-13-24)33(25(21)16-22)17-18-6-7-19-4-2-3-5-20(19)14-18/h2-9,14-16,23-24H,10-13,17,29H2,1H3,(H2,30,31)(H,32,34). The van der Waals surface area contributed by atoms with Crippen LogP contribution in [0.25, 0.3) is 21.7 Å². The first kappa shape index (κ1) is 22.2. The number of amides is 1. The van der Waals surface area contributed by atoms with Crippen molar-refractivity contribution in [3.63, 3.8) is 0 Å². The first-order valence-corrected chi connectivity index (χ1v) is 11.9. The molecule has 0 saturated heterocycles. The molecule has 1 amide bonds. The average Bonchev–Trinajstić information content (AvgIpc) is 3.22. The molecule has 6 nitrogen and oxygen atoms in total. The van der Waals surface area contributed by atoms with E-state index in [9.17, 15) is 4.79 Å². The summed E-state index contributed by atoms with van der Waals surface area (Å²) in [6.45, 7) is 0.583. The summed E-state index contributed by atoms with van der Waals surface area (Å²) in [6, 6.07) is 23.1. The Labute approximate surface area is 199 Å². The fourth-order valence-electron chi connectivity index (χ4n) is 4.94. The molecule has 0 unspecified atom stereocenters. The molecule has 1 saturated carbocycles. The molecule has 0 atom stereocenters. The minimum absolute atomic E-state index is 0.0452. The number of carbonyl (C=O) groups is 1. The Morgan fingerprint density at radius 1 is 0.971 bits per heavy atom. The van der Waals surface area contributed by atoms with Gasteiger partial charge in [-0.1, -0.05) is 48.5 Å². The zero-order chi connectivity index (χ0) is 23.7. The molecule has 0 radical (unpaired) electrons. The molecule has 1 fully saturated rings. The van der Waals surface area contributed by atoms with Gasteiger partial charge in [0.1, 0.15) is 11.5 Å². The van der Waals surface area contributed by atoms with Crippen molar-refractivity contribution in [2.45, 2.75) is 44.3 Å². The van der Waals surface area contributed by atoms with E-state index < -0.39 is 0 Å². The highest BCUT2D eigenvalue weighted by Crippen LogP contribution is 2.25. The van der Waals surface area contributed by atoms with Gasteiger partial charge < -0.3 is 21.4 Å². The maximum absolute atomic E-state index is 13.5. The number of fused-ring (bicyclic) bond motifs is 2. The van der Waals surface area contributed by atoms with E-state index in [4.69, 9.17) is 11.5 Å². The van der Waals surface area contributed by atoms with E-state index in [-0.39, 0.29) is 18.0 Å². The number of rotatable bonds is 5. The SMILES string of the molecule is CN=C(N)c1ccc2cc(C(=O)NC3CCC(N)CC3)n(Cc3ccc4ccccc4c3)c2c1. The number of hydrogen-bond acceptors (Lipinski definition) is 3. The molecule has 1 aliphatic carbocycles. The predicted molar refractivity (Wildman–Crippen MR) is 139 cm³/mol. The molecule has 1 aliphatic rings. The summed E-state index contributed by atoms with van der Waals surface area (Å²) in [5, 5.41) is 6.65. The molecular weight excluding hydrogens is 422 g/mol. The largest absolute Gasteiger partial charge is 0.384 e. The molecule has 0 bridgehead atoms. The van der Waals surface area contributed by atoms with Crippen LogP contribution in [0.15, 0.2) is 71.7 Å². The van der Waals surface area contributed by atoms with Gasteiger partial charge in [-0.15, -0.1) is 0 Å². The van der Waals surface area contributed by atoms with Crippen LogP contribution in [-0.4, -0.2) is 35.4 Å². The van der Waals surface area contributed by atoms with Gasteiger partial charge in [0.2, 0.25) is 0 Å². The zero-order valence-corrected chi connectivity index (χ0v) is 19.5. The second-order valence-corrected chi connectivity index (χ2v) is 9.26. The first-order valence-electron chi connectivity index (χ1n) is 11.9. The van der Waals surface area contributed by atoms with Crippen LogP contribution >= 0.6 is 0 Å². The van der Waals surface area contributed by atoms with E-state index in [1.165, 1.54) is 10.8 Å². The van der Waals surface area contributed by atoms with Gasteiger partial charge in [-0.25, -0.2) is 0 Å². The minimum atomic E-state index is -0.0452. The third kappa shape index (κ3) is 4.41. The van der Waals surface area contributed by atoms with Crippen molar-refractivity contribution in [1.29, 1.82) is 0 Å². The van der Waals surface area contributed by atoms with Crippen LogP contribution in [0.5, 0.6) is 0 Å². The van der Waals surface area contributed by atoms with Crippen molar-refractivity contribution in [2.75, 3.05) is 7.05 Å². The third-order valence-corrected chi connectivity index (χ3v) is 6.94. The number of aromatic nitrogens is 1. The normalized spacial score (nSPS) is 18.9. The Kier molecular flexibility index (Phi) is 6.07. The van der Waals surface area contributed by atoms with Crippen LogP contribution in [0.1, 0.15) is 47.3 Å². The molecule has 5 N–H and O–H groups in total.